The third kappa shape index (κ3) is 7.63. The topological polar surface area (TPSA) is 54.4 Å². The summed E-state index contributed by atoms with van der Waals surface area (Å²) in [6.07, 6.45) is 0. The van der Waals surface area contributed by atoms with Gasteiger partial charge in [0.2, 0.25) is 13.6 Å². The highest BCUT2D eigenvalue weighted by molar-refractivity contribution is 7.91. The molecule has 0 aliphatic rings. The van der Waals surface area contributed by atoms with E-state index in [2.05, 4.69) is 0 Å². The van der Waals surface area contributed by atoms with Crippen molar-refractivity contribution in [3.63, 3.8) is 0 Å². The summed E-state index contributed by atoms with van der Waals surface area (Å²) in [4.78, 5) is -0.0110. The first-order valence-electron chi connectivity index (χ1n) is 10.5. The lowest BCUT2D eigenvalue weighted by atomic mass is 9.87. The van der Waals surface area contributed by atoms with Crippen LogP contribution in [0, 0.1) is 0 Å². The summed E-state index contributed by atoms with van der Waals surface area (Å²) < 4.78 is 22.8. The first kappa shape index (κ1) is 32.9. The molecule has 0 aromatic heterocycles. The van der Waals surface area contributed by atoms with E-state index in [1.165, 1.54) is 36.4 Å². The predicted octanol–water partition coefficient (Wildman–Crippen LogP) is 10.7. The molecule has 1 N–H and O–H groups in total. The van der Waals surface area contributed by atoms with Crippen molar-refractivity contribution in [1.29, 1.82) is 0 Å². The Labute approximate surface area is 270 Å². The van der Waals surface area contributed by atoms with Gasteiger partial charge >= 0.3 is 0 Å². The van der Waals surface area contributed by atoms with Crippen molar-refractivity contribution in [2.24, 2.45) is 0 Å². The van der Waals surface area contributed by atoms with Gasteiger partial charge in [0.1, 0.15) is 0 Å². The second-order valence-electron chi connectivity index (χ2n) is 7.88. The summed E-state index contributed by atoms with van der Waals surface area (Å²) in [5.41, 5.74) is -0.972. The molecular weight excluding hydrogens is 711 g/mol. The molecule has 3 nitrogen and oxygen atoms in total. The summed E-state index contributed by atoms with van der Waals surface area (Å²) in [6, 6.07) is 21.2. The van der Waals surface area contributed by atoms with Gasteiger partial charge in [0.05, 0.1) is 24.9 Å². The molecule has 0 fully saturated rings. The highest BCUT2D eigenvalue weighted by atomic mass is 35.6. The molecule has 0 heterocycles. The molecule has 13 heteroatoms. The number of aliphatic hydroxyl groups is 1. The molecule has 0 radical (unpaired) electrons. The molecule has 0 spiro atoms. The number of rotatable bonds is 4. The lowest BCUT2D eigenvalue weighted by Crippen LogP contribution is -2.41. The molecule has 0 amide bonds. The number of sulfone groups is 1. The SMILES string of the molecule is O=S(=O)(c1ccc(Cl)cc1)c1cc(Cl)c(Cl)cc1Cl.OC(c1ccc(Cl)cc1)(c1ccc(Cl)cc1)C(Cl)(Cl)Cl. The maximum absolute atomic E-state index is 12.4. The van der Waals surface area contributed by atoms with Gasteiger partial charge in [-0.3, -0.25) is 0 Å². The highest BCUT2D eigenvalue weighted by Gasteiger charge is 2.50. The van der Waals surface area contributed by atoms with E-state index in [1.54, 1.807) is 48.5 Å². The Kier molecular flexibility index (Phi) is 11.1. The average Bonchev–Trinajstić information content (AvgIpc) is 2.86. The maximum atomic E-state index is 12.4. The maximum Gasteiger partial charge on any atom is 0.227 e. The molecule has 0 aliphatic carbocycles. The Morgan fingerprint density at radius 3 is 1.28 bits per heavy atom. The minimum atomic E-state index is -3.76. The Balaban J connectivity index is 0.000000216. The lowest BCUT2D eigenvalue weighted by molar-refractivity contribution is 0.0850. The highest BCUT2D eigenvalue weighted by Crippen LogP contribution is 2.49. The lowest BCUT2D eigenvalue weighted by Gasteiger charge is -2.35. The van der Waals surface area contributed by atoms with Crippen LogP contribution in [-0.4, -0.2) is 17.3 Å². The molecule has 0 aliphatic heterocycles. The Bertz CT molecular complexity index is 1510. The second-order valence-corrected chi connectivity index (χ2v) is 14.6. The largest absolute Gasteiger partial charge is 0.376 e. The summed E-state index contributed by atoms with van der Waals surface area (Å²) >= 11 is 52.9. The normalized spacial score (nSPS) is 12.1. The Hall–Kier alpha value is -0.600. The number of alkyl halides is 3. The van der Waals surface area contributed by atoms with Crippen molar-refractivity contribution in [2.45, 2.75) is 19.2 Å². The van der Waals surface area contributed by atoms with E-state index in [4.69, 9.17) is 104 Å². The molecule has 0 bridgehead atoms. The molecule has 206 valence electrons. The monoisotopic (exact) mass is 722 g/mol. The van der Waals surface area contributed by atoms with Gasteiger partial charge in [-0.05, 0) is 71.8 Å². The molecule has 0 atom stereocenters. The predicted molar refractivity (Wildman–Crippen MR) is 165 cm³/mol. The molecule has 4 aromatic carbocycles. The van der Waals surface area contributed by atoms with Gasteiger partial charge in [0, 0.05) is 15.1 Å². The van der Waals surface area contributed by atoms with Crippen molar-refractivity contribution in [3.8, 4) is 0 Å². The quantitative estimate of drug-likeness (QED) is 0.168. The summed E-state index contributed by atoms with van der Waals surface area (Å²) in [5, 5.41) is 12.8. The fourth-order valence-corrected chi connectivity index (χ4v) is 6.61. The van der Waals surface area contributed by atoms with Gasteiger partial charge < -0.3 is 5.11 Å². The summed E-state index contributed by atoms with van der Waals surface area (Å²) in [6.45, 7) is 0. The van der Waals surface area contributed by atoms with Crippen molar-refractivity contribution >= 4 is 114 Å². The van der Waals surface area contributed by atoms with Gasteiger partial charge in [-0.15, -0.1) is 0 Å². The Morgan fingerprint density at radius 1 is 0.538 bits per heavy atom. The van der Waals surface area contributed by atoms with Crippen molar-refractivity contribution < 1.29 is 13.5 Å². The molecule has 0 saturated heterocycles. The van der Waals surface area contributed by atoms with E-state index in [9.17, 15) is 13.5 Å². The van der Waals surface area contributed by atoms with Crippen LogP contribution in [0.3, 0.4) is 0 Å². The molecule has 4 rings (SSSR count). The number of hydrogen-bond acceptors (Lipinski definition) is 3. The van der Waals surface area contributed by atoms with Crippen LogP contribution in [0.4, 0.5) is 0 Å². The van der Waals surface area contributed by atoms with E-state index in [0.717, 1.165) is 0 Å². The van der Waals surface area contributed by atoms with E-state index in [-0.39, 0.29) is 24.9 Å². The van der Waals surface area contributed by atoms with Crippen molar-refractivity contribution in [2.75, 3.05) is 0 Å². The summed E-state index contributed by atoms with van der Waals surface area (Å²) in [5.74, 6) is 0. The number of hydrogen-bond donors (Lipinski definition) is 1. The zero-order valence-electron chi connectivity index (χ0n) is 19.2. The van der Waals surface area contributed by atoms with Crippen molar-refractivity contribution in [3.05, 3.63) is 126 Å². The van der Waals surface area contributed by atoms with Crippen LogP contribution < -0.4 is 0 Å². The molecular formula is C26H15Cl9O3S. The van der Waals surface area contributed by atoms with Crippen LogP contribution in [0.5, 0.6) is 0 Å². The van der Waals surface area contributed by atoms with Gasteiger partial charge in [-0.2, -0.15) is 0 Å². The van der Waals surface area contributed by atoms with Crippen LogP contribution >= 0.6 is 104 Å². The second kappa shape index (κ2) is 13.1. The third-order valence-corrected chi connectivity index (χ3v) is 9.86. The molecule has 4 aromatic rings. The van der Waals surface area contributed by atoms with E-state index in [0.29, 0.717) is 26.2 Å². The van der Waals surface area contributed by atoms with Gasteiger partial charge in [0.15, 0.2) is 5.60 Å². The minimum Gasteiger partial charge on any atom is -0.376 e. The summed E-state index contributed by atoms with van der Waals surface area (Å²) in [7, 11) is -3.76. The third-order valence-electron chi connectivity index (χ3n) is 5.32. The minimum absolute atomic E-state index is 0.0179. The van der Waals surface area contributed by atoms with Gasteiger partial charge in [-0.1, -0.05) is 129 Å². The fraction of sp³-hybridized carbons (Fsp3) is 0.0769. The average molecular weight is 727 g/mol. The van der Waals surface area contributed by atoms with E-state index in [1.807, 2.05) is 0 Å². The Morgan fingerprint density at radius 2 is 0.897 bits per heavy atom. The molecule has 0 unspecified atom stereocenters. The van der Waals surface area contributed by atoms with Crippen LogP contribution in [0.1, 0.15) is 11.1 Å². The van der Waals surface area contributed by atoms with E-state index >= 15 is 0 Å². The van der Waals surface area contributed by atoms with Crippen LogP contribution in [0.15, 0.2) is 94.7 Å². The number of benzene rings is 4. The fourth-order valence-electron chi connectivity index (χ4n) is 3.33. The first-order chi connectivity index (χ1) is 18.1. The van der Waals surface area contributed by atoms with Crippen molar-refractivity contribution in [1.82, 2.24) is 0 Å². The van der Waals surface area contributed by atoms with E-state index < -0.39 is 19.2 Å². The van der Waals surface area contributed by atoms with Gasteiger partial charge in [0.25, 0.3) is 0 Å². The number of halogens is 9. The van der Waals surface area contributed by atoms with Crippen LogP contribution in [0.25, 0.3) is 0 Å². The van der Waals surface area contributed by atoms with Gasteiger partial charge in [-0.25, -0.2) is 8.42 Å². The first-order valence-corrected chi connectivity index (χ1v) is 15.4. The standard InChI is InChI=1S/C14H9Cl5O.C12H6Cl4O2S/c15-11-5-1-9(2-6-11)13(20,14(17,18)19)10-3-7-12(16)8-4-10;13-7-1-3-8(4-2-7)19(17,18)12-6-10(15)9(14)5-11(12)16/h1-8,20H;1-6H. The zero-order valence-corrected chi connectivity index (χ0v) is 26.8. The molecule has 39 heavy (non-hydrogen) atoms. The molecule has 0 saturated carbocycles. The van der Waals surface area contributed by atoms with Crippen LogP contribution in [0.2, 0.25) is 30.1 Å². The smallest absolute Gasteiger partial charge is 0.227 e. The zero-order chi connectivity index (χ0) is 29.2. The van der Waals surface area contributed by atoms with Crippen LogP contribution in [-0.2, 0) is 15.4 Å².